The molecule has 4 rings (SSSR count). The van der Waals surface area contributed by atoms with Crippen LogP contribution in [0.15, 0.2) is 48.0 Å². The third-order valence-electron chi connectivity index (χ3n) is 5.52. The number of oxime groups is 1. The van der Waals surface area contributed by atoms with Crippen molar-refractivity contribution in [1.82, 2.24) is 30.0 Å². The smallest absolute Gasteiger partial charge is 0.352 e. The largest absolute Gasteiger partial charge is 0.477 e. The van der Waals surface area contributed by atoms with Gasteiger partial charge in [-0.2, -0.15) is 0 Å². The van der Waals surface area contributed by atoms with Gasteiger partial charge in [0.15, 0.2) is 16.0 Å². The molecule has 2 unspecified atom stereocenters. The molecule has 2 aliphatic heterocycles. The van der Waals surface area contributed by atoms with Crippen LogP contribution in [0.25, 0.3) is 0 Å². The zero-order chi connectivity index (χ0) is 29.7. The number of thioether (sulfide) groups is 2. The quantitative estimate of drug-likeness (QED) is 0.0401. The number of nitrogen functional groups attached to an aromatic ring is 1. The van der Waals surface area contributed by atoms with E-state index in [2.05, 4.69) is 30.4 Å². The lowest BCUT2D eigenvalue weighted by atomic mass is 10.0. The number of carbonyl (C=O) groups is 4. The lowest BCUT2D eigenvalue weighted by Crippen LogP contribution is -2.71. The van der Waals surface area contributed by atoms with Crippen LogP contribution in [0, 0.1) is 0 Å². The summed E-state index contributed by atoms with van der Waals surface area (Å²) in [5.74, 6) is -2.59. The molecule has 1 saturated heterocycles. The third kappa shape index (κ3) is 6.18. The van der Waals surface area contributed by atoms with Crippen molar-refractivity contribution < 1.29 is 33.9 Å². The number of carboxylic acids is 1. The predicted molar refractivity (Wildman–Crippen MR) is 146 cm³/mol. The highest BCUT2D eigenvalue weighted by Crippen LogP contribution is 2.41. The Kier molecular flexibility index (Phi) is 9.24. The van der Waals surface area contributed by atoms with Gasteiger partial charge in [0.25, 0.3) is 18.3 Å². The zero-order valence-corrected chi connectivity index (χ0v) is 23.3. The molecular weight excluding hydrogens is 604 g/mol. The Morgan fingerprint density at radius 3 is 2.83 bits per heavy atom. The molecule has 2 atom stereocenters. The van der Waals surface area contributed by atoms with Gasteiger partial charge in [-0.05, 0) is 17.1 Å². The van der Waals surface area contributed by atoms with Gasteiger partial charge in [-0.3, -0.25) is 33.4 Å². The Bertz CT molecular complexity index is 1590. The van der Waals surface area contributed by atoms with Crippen molar-refractivity contribution >= 4 is 70.0 Å². The lowest BCUT2D eigenvalue weighted by molar-refractivity contribution is -0.150. The van der Waals surface area contributed by atoms with E-state index in [1.807, 2.05) is 0 Å². The Balaban J connectivity index is 1.51. The summed E-state index contributed by atoms with van der Waals surface area (Å²) >= 11 is 3.20. The monoisotopic (exact) mass is 624 g/mol. The fraction of sp³-hybridized carbons (Fsp3) is 0.286. The first-order valence-corrected chi connectivity index (χ1v) is 14.1. The summed E-state index contributed by atoms with van der Waals surface area (Å²) in [5, 5.41) is 24.5. The van der Waals surface area contributed by atoms with E-state index >= 15 is 0 Å². The first-order valence-electron chi connectivity index (χ1n) is 11.3. The molecule has 2 amide bonds. The number of rotatable bonds is 12. The second-order valence-corrected chi connectivity index (χ2v) is 10.8. The number of fused-ring (bicyclic) bond motifs is 1. The first kappa shape index (κ1) is 29.6. The number of anilines is 1. The lowest BCUT2D eigenvalue weighted by Gasteiger charge is -2.49. The van der Waals surface area contributed by atoms with Gasteiger partial charge in [-0.15, -0.1) is 28.2 Å². The van der Waals surface area contributed by atoms with E-state index in [-0.39, 0.29) is 58.3 Å². The van der Waals surface area contributed by atoms with Gasteiger partial charge < -0.3 is 25.7 Å². The minimum absolute atomic E-state index is 0.0531. The van der Waals surface area contributed by atoms with E-state index in [0.29, 0.717) is 0 Å². The average molecular weight is 625 g/mol. The highest BCUT2D eigenvalue weighted by molar-refractivity contribution is 8.02. The summed E-state index contributed by atoms with van der Waals surface area (Å²) in [5.41, 5.74) is 3.71. The summed E-state index contributed by atoms with van der Waals surface area (Å²) < 4.78 is 5.58. The number of β-lactam (4-membered cyclic amide) rings is 1. The van der Waals surface area contributed by atoms with E-state index < -0.39 is 40.3 Å². The molecule has 41 heavy (non-hydrogen) atoms. The molecular formula is C21H20N8O9S3. The number of nitrogens with zero attached hydrogens (tertiary/aromatic N) is 5. The number of allylic oxidation sites excluding steroid dienone is 1. The Labute approximate surface area is 241 Å². The molecule has 2 aromatic rings. The maximum atomic E-state index is 13.0. The maximum absolute atomic E-state index is 13.0. The van der Waals surface area contributed by atoms with E-state index in [1.54, 1.807) is 0 Å². The molecule has 2 aliphatic rings. The number of hydrogen-bond donors (Lipinski definition) is 4. The van der Waals surface area contributed by atoms with Crippen molar-refractivity contribution in [3.63, 3.8) is 0 Å². The van der Waals surface area contributed by atoms with Crippen molar-refractivity contribution in [2.75, 3.05) is 25.2 Å². The number of H-pyrrole nitrogens is 1. The Morgan fingerprint density at radius 2 is 2.17 bits per heavy atom. The Hall–Kier alpha value is -4.43. The summed E-state index contributed by atoms with van der Waals surface area (Å²) in [6.45, 7) is -0.112. The van der Waals surface area contributed by atoms with Crippen LogP contribution >= 0.6 is 34.9 Å². The molecule has 17 nitrogen and oxygen atoms in total. The van der Waals surface area contributed by atoms with Crippen LogP contribution in [0.5, 0.6) is 0 Å². The van der Waals surface area contributed by atoms with Gasteiger partial charge in [0.1, 0.15) is 36.5 Å². The molecule has 2 aromatic heterocycles. The molecule has 0 aliphatic carbocycles. The number of hydrogen-bond acceptors (Lipinski definition) is 15. The summed E-state index contributed by atoms with van der Waals surface area (Å²) in [6.07, 6.45) is 1.44. The number of carboxylic acid groups (broad SMARTS) is 1. The Morgan fingerprint density at radius 1 is 1.39 bits per heavy atom. The SMILES string of the molecule is CO/N=C(/C(=O)NC1C(=O)N2C(C(=O)O)=C(/C=C/Sc3n[nH]c(=O)c(=O)n3CCOC=O)CSC12)c1csc(N)n1. The van der Waals surface area contributed by atoms with Crippen LogP contribution in [-0.2, 0) is 35.3 Å². The van der Waals surface area contributed by atoms with Gasteiger partial charge >= 0.3 is 17.1 Å². The van der Waals surface area contributed by atoms with Crippen LogP contribution in [0.1, 0.15) is 5.69 Å². The van der Waals surface area contributed by atoms with E-state index in [9.17, 15) is 33.9 Å². The summed E-state index contributed by atoms with van der Waals surface area (Å²) in [4.78, 5) is 82.1. The van der Waals surface area contributed by atoms with Gasteiger partial charge in [-0.25, -0.2) is 14.9 Å². The molecule has 1 fully saturated rings. The van der Waals surface area contributed by atoms with Crippen LogP contribution in [0.4, 0.5) is 5.13 Å². The second-order valence-electron chi connectivity index (χ2n) is 7.91. The number of carbonyl (C=O) groups excluding carboxylic acids is 3. The number of thiazole rings is 1. The number of ether oxygens (including phenoxy) is 1. The average Bonchev–Trinajstić information content (AvgIpc) is 3.38. The van der Waals surface area contributed by atoms with Crippen LogP contribution in [-0.4, -0.2) is 90.6 Å². The normalized spacial score (nSPS) is 18.6. The molecule has 0 saturated carbocycles. The van der Waals surface area contributed by atoms with Gasteiger partial charge in [0.2, 0.25) is 0 Å². The van der Waals surface area contributed by atoms with Crippen molar-refractivity contribution in [1.29, 1.82) is 0 Å². The highest BCUT2D eigenvalue weighted by Gasteiger charge is 2.54. The van der Waals surface area contributed by atoms with Crippen LogP contribution in [0.2, 0.25) is 0 Å². The molecule has 5 N–H and O–H groups in total. The first-order chi connectivity index (χ1) is 19.7. The number of nitrogens with two attached hydrogens (primary N) is 1. The molecule has 0 spiro atoms. The van der Waals surface area contributed by atoms with E-state index in [0.717, 1.165) is 32.6 Å². The minimum atomic E-state index is -1.36. The summed E-state index contributed by atoms with van der Waals surface area (Å²) in [6, 6.07) is -1.03. The molecule has 20 heteroatoms. The fourth-order valence-corrected chi connectivity index (χ4v) is 6.37. The van der Waals surface area contributed by atoms with Crippen molar-refractivity contribution in [3.8, 4) is 0 Å². The van der Waals surface area contributed by atoms with E-state index in [4.69, 9.17) is 10.6 Å². The predicted octanol–water partition coefficient (Wildman–Crippen LogP) is -1.46. The number of aromatic amines is 1. The number of nitrogens with one attached hydrogen (secondary N) is 2. The zero-order valence-electron chi connectivity index (χ0n) is 20.8. The number of aromatic nitrogens is 4. The molecule has 216 valence electrons. The van der Waals surface area contributed by atoms with Crippen molar-refractivity contribution in [3.05, 3.63) is 54.5 Å². The highest BCUT2D eigenvalue weighted by atomic mass is 32.2. The van der Waals surface area contributed by atoms with Gasteiger partial charge in [-0.1, -0.05) is 16.9 Å². The van der Waals surface area contributed by atoms with Crippen LogP contribution < -0.4 is 22.2 Å². The maximum Gasteiger partial charge on any atom is 0.352 e. The topological polar surface area (TPSA) is 241 Å². The third-order valence-corrected chi connectivity index (χ3v) is 8.29. The van der Waals surface area contributed by atoms with Gasteiger partial charge in [0.05, 0.1) is 6.54 Å². The molecule has 0 bridgehead atoms. The van der Waals surface area contributed by atoms with Gasteiger partial charge in [0, 0.05) is 11.1 Å². The summed E-state index contributed by atoms with van der Waals surface area (Å²) in [7, 11) is 1.24. The van der Waals surface area contributed by atoms with Crippen LogP contribution in [0.3, 0.4) is 0 Å². The van der Waals surface area contributed by atoms with Crippen molar-refractivity contribution in [2.24, 2.45) is 5.16 Å². The molecule has 4 heterocycles. The molecule has 0 aromatic carbocycles. The fourth-order valence-electron chi connectivity index (χ4n) is 3.75. The number of amides is 2. The second kappa shape index (κ2) is 12.8. The minimum Gasteiger partial charge on any atom is -0.477 e. The van der Waals surface area contributed by atoms with Crippen molar-refractivity contribution in [2.45, 2.75) is 23.1 Å². The van der Waals surface area contributed by atoms with E-state index in [1.165, 1.54) is 35.7 Å². The molecule has 0 radical (unpaired) electrons. The standard InChI is InChI=1S/C21H20N8O9S3/c1-37-27-11(10-7-41-20(22)23-10)14(31)24-12-16(33)29-13(19(35)36)9(6-40-18(12)29)2-5-39-21-26-25-15(32)17(34)28(21)3-4-38-8-30/h2,5,7-8,12,18H,3-4,6H2,1H3,(H2,22,23)(H,24,31)(H,25,32)(H,35,36)/b5-2+,27-11+. The number of aliphatic carboxylic acids is 1.